The summed E-state index contributed by atoms with van der Waals surface area (Å²) < 4.78 is 21.1. The number of halogens is 1. The number of fused-ring (bicyclic) bond motifs is 1. The maximum Gasteiger partial charge on any atom is 0.223 e. The summed E-state index contributed by atoms with van der Waals surface area (Å²) in [5.41, 5.74) is 7.63. The third-order valence-electron chi connectivity index (χ3n) is 6.66. The molecule has 1 saturated heterocycles. The van der Waals surface area contributed by atoms with Crippen LogP contribution < -0.4 is 10.7 Å². The molecule has 2 aliphatic rings. The lowest BCUT2D eigenvalue weighted by Crippen LogP contribution is -2.40. The Balaban J connectivity index is 1.46. The van der Waals surface area contributed by atoms with Gasteiger partial charge in [0, 0.05) is 30.9 Å². The van der Waals surface area contributed by atoms with Crippen LogP contribution in [0, 0.1) is 5.82 Å². The molecular weight excluding hydrogens is 445 g/mol. The highest BCUT2D eigenvalue weighted by Gasteiger charge is 2.22. The van der Waals surface area contributed by atoms with Crippen molar-refractivity contribution in [2.24, 2.45) is 0 Å². The van der Waals surface area contributed by atoms with Crippen LogP contribution in [0.2, 0.25) is 0 Å². The number of rotatable bonds is 6. The van der Waals surface area contributed by atoms with Gasteiger partial charge in [0.05, 0.1) is 30.0 Å². The van der Waals surface area contributed by atoms with E-state index in [0.717, 1.165) is 59.8 Å². The van der Waals surface area contributed by atoms with Crippen molar-refractivity contribution in [2.45, 2.75) is 31.7 Å². The number of benzene rings is 1. The smallest absolute Gasteiger partial charge is 0.223 e. The first kappa shape index (κ1) is 21.9. The van der Waals surface area contributed by atoms with Gasteiger partial charge in [0.25, 0.3) is 0 Å². The van der Waals surface area contributed by atoms with Gasteiger partial charge in [-0.3, -0.25) is 0 Å². The van der Waals surface area contributed by atoms with Crippen molar-refractivity contribution in [3.05, 3.63) is 60.5 Å². The molecule has 1 aliphatic heterocycles. The van der Waals surface area contributed by atoms with E-state index in [1.165, 1.54) is 25.0 Å². The van der Waals surface area contributed by atoms with E-state index < -0.39 is 0 Å². The van der Waals surface area contributed by atoms with Crippen LogP contribution in [0.5, 0.6) is 0 Å². The van der Waals surface area contributed by atoms with Crippen LogP contribution in [0.4, 0.5) is 16.2 Å². The summed E-state index contributed by atoms with van der Waals surface area (Å²) in [7, 11) is 0. The van der Waals surface area contributed by atoms with Crippen LogP contribution >= 0.6 is 0 Å². The number of hydrazine groups is 1. The fraction of sp³-hybridized carbons (Fsp3) is 0.346. The Kier molecular flexibility index (Phi) is 6.01. The number of hydrogen-bond acceptors (Lipinski definition) is 7. The molecule has 0 atom stereocenters. The lowest BCUT2D eigenvalue weighted by molar-refractivity contribution is 0.0494. The molecule has 8 nitrogen and oxygen atoms in total. The van der Waals surface area contributed by atoms with Crippen molar-refractivity contribution in [3.8, 4) is 22.5 Å². The van der Waals surface area contributed by atoms with Crippen molar-refractivity contribution in [1.29, 1.82) is 0 Å². The number of nitrogens with zero attached hydrogens (tertiary/aromatic N) is 5. The van der Waals surface area contributed by atoms with Crippen molar-refractivity contribution < 1.29 is 9.13 Å². The summed E-state index contributed by atoms with van der Waals surface area (Å²) in [5, 5.41) is 10.6. The largest absolute Gasteiger partial charge is 0.379 e. The van der Waals surface area contributed by atoms with Crippen molar-refractivity contribution in [2.75, 3.05) is 37.0 Å². The first-order valence-corrected chi connectivity index (χ1v) is 12.2. The van der Waals surface area contributed by atoms with Crippen molar-refractivity contribution in [3.63, 3.8) is 0 Å². The average molecular weight is 474 g/mol. The van der Waals surface area contributed by atoms with E-state index >= 15 is 0 Å². The average Bonchev–Trinajstić information content (AvgIpc) is 3.54. The minimum absolute atomic E-state index is 0.279. The number of aromatic nitrogens is 4. The molecule has 9 heteroatoms. The van der Waals surface area contributed by atoms with Gasteiger partial charge in [0.1, 0.15) is 17.3 Å². The number of ether oxygens (including phenoxy) is 1. The zero-order chi connectivity index (χ0) is 23.6. The molecule has 0 radical (unpaired) electrons. The lowest BCUT2D eigenvalue weighted by atomic mass is 10.0. The summed E-state index contributed by atoms with van der Waals surface area (Å²) in [5.74, 6) is 1.19. The number of hydrogen-bond donors (Lipinski definition) is 2. The topological polar surface area (TPSA) is 79.6 Å². The number of anilines is 2. The molecule has 1 aromatic carbocycles. The Morgan fingerprint density at radius 1 is 0.971 bits per heavy atom. The minimum Gasteiger partial charge on any atom is -0.379 e. The van der Waals surface area contributed by atoms with Gasteiger partial charge in [-0.05, 0) is 55.3 Å². The van der Waals surface area contributed by atoms with E-state index in [1.807, 2.05) is 28.8 Å². The second kappa shape index (κ2) is 9.59. The Morgan fingerprint density at radius 2 is 1.77 bits per heavy atom. The van der Waals surface area contributed by atoms with Gasteiger partial charge < -0.3 is 15.5 Å². The maximum atomic E-state index is 13.7. The van der Waals surface area contributed by atoms with Gasteiger partial charge in [0.2, 0.25) is 5.95 Å². The molecule has 180 valence electrons. The van der Waals surface area contributed by atoms with Crippen LogP contribution in [0.1, 0.15) is 25.7 Å². The highest BCUT2D eigenvalue weighted by atomic mass is 19.1. The van der Waals surface area contributed by atoms with Crippen LogP contribution in [0.15, 0.2) is 54.7 Å². The van der Waals surface area contributed by atoms with E-state index in [2.05, 4.69) is 20.7 Å². The normalized spacial score (nSPS) is 17.2. The molecule has 3 aromatic heterocycles. The molecule has 1 saturated carbocycles. The summed E-state index contributed by atoms with van der Waals surface area (Å²) in [4.78, 5) is 9.35. The van der Waals surface area contributed by atoms with Crippen molar-refractivity contribution in [1.82, 2.24) is 24.6 Å². The molecule has 6 rings (SSSR count). The van der Waals surface area contributed by atoms with E-state index in [1.54, 1.807) is 18.3 Å². The van der Waals surface area contributed by atoms with E-state index in [-0.39, 0.29) is 5.82 Å². The Hall–Kier alpha value is -3.56. The van der Waals surface area contributed by atoms with Crippen LogP contribution in [0.3, 0.4) is 0 Å². The zero-order valence-electron chi connectivity index (χ0n) is 19.5. The molecule has 0 unspecified atom stereocenters. The summed E-state index contributed by atoms with van der Waals surface area (Å²) in [6.45, 7) is 2.95. The second-order valence-electron chi connectivity index (χ2n) is 9.04. The van der Waals surface area contributed by atoms with E-state index in [4.69, 9.17) is 14.8 Å². The summed E-state index contributed by atoms with van der Waals surface area (Å²) in [6, 6.07) is 14.8. The van der Waals surface area contributed by atoms with E-state index in [0.29, 0.717) is 25.2 Å². The highest BCUT2D eigenvalue weighted by Crippen LogP contribution is 2.36. The van der Waals surface area contributed by atoms with Gasteiger partial charge in [-0.25, -0.2) is 23.9 Å². The zero-order valence-corrected chi connectivity index (χ0v) is 19.5. The summed E-state index contributed by atoms with van der Waals surface area (Å²) >= 11 is 0. The third-order valence-corrected chi connectivity index (χ3v) is 6.66. The molecule has 0 amide bonds. The predicted molar refractivity (Wildman–Crippen MR) is 134 cm³/mol. The number of morpholine rings is 1. The van der Waals surface area contributed by atoms with Crippen molar-refractivity contribution >= 4 is 17.3 Å². The van der Waals surface area contributed by atoms with Gasteiger partial charge >= 0.3 is 0 Å². The first-order chi connectivity index (χ1) is 17.2. The Bertz CT molecular complexity index is 1310. The van der Waals surface area contributed by atoms with Gasteiger partial charge in [-0.15, -0.1) is 0 Å². The van der Waals surface area contributed by atoms with Crippen LogP contribution in [-0.2, 0) is 4.74 Å². The molecule has 0 bridgehead atoms. The molecule has 4 heterocycles. The monoisotopic (exact) mass is 473 g/mol. The molecule has 1 aliphatic carbocycles. The van der Waals surface area contributed by atoms with Crippen LogP contribution in [-0.4, -0.2) is 56.9 Å². The maximum absolute atomic E-state index is 13.7. The first-order valence-electron chi connectivity index (χ1n) is 12.2. The quantitative estimate of drug-likeness (QED) is 0.423. The summed E-state index contributed by atoms with van der Waals surface area (Å²) in [6.07, 6.45) is 6.54. The van der Waals surface area contributed by atoms with Crippen LogP contribution in [0.25, 0.3) is 28.0 Å². The third kappa shape index (κ3) is 4.56. The fourth-order valence-electron chi connectivity index (χ4n) is 4.87. The predicted octanol–water partition coefficient (Wildman–Crippen LogP) is 4.61. The van der Waals surface area contributed by atoms with Gasteiger partial charge in [-0.1, -0.05) is 18.9 Å². The standard InChI is InChI=1S/C26H28FN7O/c27-19-10-8-18(9-11-19)25-24(21-12-13-28-26(30-21)29-20-4-1-2-5-20)22-6-3-7-23(34(22)32-25)31-33-14-16-35-17-15-33/h3,6-13,20,31H,1-2,4-5,14-17H2,(H,28,29,30). The molecule has 4 aromatic rings. The molecule has 35 heavy (non-hydrogen) atoms. The minimum atomic E-state index is -0.279. The fourth-order valence-corrected chi connectivity index (χ4v) is 4.87. The Morgan fingerprint density at radius 3 is 2.57 bits per heavy atom. The SMILES string of the molecule is Fc1ccc(-c2nn3c(NN4CCOCC4)cccc3c2-c2ccnc(NC3CCCC3)n2)cc1. The van der Waals surface area contributed by atoms with E-state index in [9.17, 15) is 4.39 Å². The van der Waals surface area contributed by atoms with Gasteiger partial charge in [0.15, 0.2) is 0 Å². The Labute approximate surface area is 203 Å². The molecular formula is C26H28FN7O. The molecule has 2 fully saturated rings. The number of nitrogens with one attached hydrogen (secondary N) is 2. The lowest BCUT2D eigenvalue weighted by Gasteiger charge is -2.27. The van der Waals surface area contributed by atoms with Gasteiger partial charge in [-0.2, -0.15) is 5.10 Å². The molecule has 0 spiro atoms. The second-order valence-corrected chi connectivity index (χ2v) is 9.04. The number of pyridine rings is 1. The highest BCUT2D eigenvalue weighted by molar-refractivity contribution is 5.91. The molecule has 2 N–H and O–H groups in total.